The SMILES string of the molecule is O=C(Nc1cccc(CN2CCOCC2)c1)c1cc2ccccn2n1. The number of carbonyl (C=O) groups is 1. The van der Waals surface area contributed by atoms with Gasteiger partial charge in [0.1, 0.15) is 0 Å². The number of nitrogens with zero attached hydrogens (tertiary/aromatic N) is 3. The Morgan fingerprint density at radius 2 is 2.00 bits per heavy atom. The topological polar surface area (TPSA) is 58.9 Å². The van der Waals surface area contributed by atoms with E-state index in [1.807, 2.05) is 42.6 Å². The molecule has 0 unspecified atom stereocenters. The quantitative estimate of drug-likeness (QED) is 0.795. The van der Waals surface area contributed by atoms with Crippen LogP contribution in [0.1, 0.15) is 16.1 Å². The highest BCUT2D eigenvalue weighted by Gasteiger charge is 2.13. The number of aromatic nitrogens is 2. The molecule has 0 spiro atoms. The minimum Gasteiger partial charge on any atom is -0.379 e. The molecule has 6 nitrogen and oxygen atoms in total. The number of hydrogen-bond donors (Lipinski definition) is 1. The number of ether oxygens (including phenoxy) is 1. The van der Waals surface area contributed by atoms with Crippen molar-refractivity contribution < 1.29 is 9.53 Å². The fraction of sp³-hybridized carbons (Fsp3) is 0.263. The Hall–Kier alpha value is -2.70. The molecule has 0 atom stereocenters. The zero-order chi connectivity index (χ0) is 17.1. The van der Waals surface area contributed by atoms with Crippen LogP contribution in [0.4, 0.5) is 5.69 Å². The van der Waals surface area contributed by atoms with E-state index in [0.717, 1.165) is 44.1 Å². The number of anilines is 1. The number of morpholine rings is 1. The third kappa shape index (κ3) is 3.70. The Morgan fingerprint density at radius 3 is 2.84 bits per heavy atom. The Morgan fingerprint density at radius 1 is 1.12 bits per heavy atom. The first-order valence-corrected chi connectivity index (χ1v) is 8.43. The molecule has 25 heavy (non-hydrogen) atoms. The first kappa shape index (κ1) is 15.8. The van der Waals surface area contributed by atoms with Crippen LogP contribution < -0.4 is 5.32 Å². The molecule has 1 aliphatic heterocycles. The van der Waals surface area contributed by atoms with Gasteiger partial charge in [0.2, 0.25) is 0 Å². The summed E-state index contributed by atoms with van der Waals surface area (Å²) >= 11 is 0. The van der Waals surface area contributed by atoms with E-state index >= 15 is 0 Å². The molecule has 6 heteroatoms. The number of carbonyl (C=O) groups excluding carboxylic acids is 1. The molecule has 3 heterocycles. The molecule has 1 aromatic carbocycles. The van der Waals surface area contributed by atoms with Crippen LogP contribution in [0.15, 0.2) is 54.7 Å². The van der Waals surface area contributed by atoms with Crippen LogP contribution in [-0.4, -0.2) is 46.7 Å². The van der Waals surface area contributed by atoms with Crippen molar-refractivity contribution in [2.75, 3.05) is 31.6 Å². The molecule has 1 amide bonds. The highest BCUT2D eigenvalue weighted by Crippen LogP contribution is 2.15. The van der Waals surface area contributed by atoms with Gasteiger partial charge in [0, 0.05) is 31.5 Å². The summed E-state index contributed by atoms with van der Waals surface area (Å²) in [6, 6.07) is 15.5. The minimum absolute atomic E-state index is 0.202. The Kier molecular flexibility index (Phi) is 4.45. The zero-order valence-corrected chi connectivity index (χ0v) is 13.9. The van der Waals surface area contributed by atoms with Gasteiger partial charge in [-0.1, -0.05) is 18.2 Å². The van der Waals surface area contributed by atoms with Crippen molar-refractivity contribution in [3.63, 3.8) is 0 Å². The molecule has 128 valence electrons. The number of amides is 1. The molecule has 1 N–H and O–H groups in total. The van der Waals surface area contributed by atoms with Crippen molar-refractivity contribution in [2.45, 2.75) is 6.54 Å². The largest absolute Gasteiger partial charge is 0.379 e. The summed E-state index contributed by atoms with van der Waals surface area (Å²) in [5.74, 6) is -0.202. The lowest BCUT2D eigenvalue weighted by molar-refractivity contribution is 0.0342. The number of benzene rings is 1. The standard InChI is InChI=1S/C19H20N4O2/c24-19(18-13-17-6-1-2-7-23(17)21-18)20-16-5-3-4-15(12-16)14-22-8-10-25-11-9-22/h1-7,12-13H,8-11,14H2,(H,20,24). The van der Waals surface area contributed by atoms with Crippen molar-refractivity contribution in [3.8, 4) is 0 Å². The Labute approximate surface area is 146 Å². The number of rotatable bonds is 4. The van der Waals surface area contributed by atoms with Gasteiger partial charge >= 0.3 is 0 Å². The summed E-state index contributed by atoms with van der Waals surface area (Å²) in [4.78, 5) is 14.8. The van der Waals surface area contributed by atoms with Crippen LogP contribution in [0, 0.1) is 0 Å². The van der Waals surface area contributed by atoms with E-state index in [1.165, 1.54) is 5.56 Å². The van der Waals surface area contributed by atoms with E-state index < -0.39 is 0 Å². The third-order valence-electron chi connectivity index (χ3n) is 4.30. The predicted molar refractivity (Wildman–Crippen MR) is 95.7 cm³/mol. The fourth-order valence-corrected chi connectivity index (χ4v) is 3.01. The maximum Gasteiger partial charge on any atom is 0.276 e. The van der Waals surface area contributed by atoms with Crippen LogP contribution >= 0.6 is 0 Å². The molecule has 0 bridgehead atoms. The number of nitrogens with one attached hydrogen (secondary N) is 1. The summed E-state index contributed by atoms with van der Waals surface area (Å²) < 4.78 is 7.08. The Balaban J connectivity index is 1.46. The molecule has 1 saturated heterocycles. The smallest absolute Gasteiger partial charge is 0.276 e. The summed E-state index contributed by atoms with van der Waals surface area (Å²) in [5.41, 5.74) is 3.26. The van der Waals surface area contributed by atoms with Crippen molar-refractivity contribution in [1.29, 1.82) is 0 Å². The average Bonchev–Trinajstić information content (AvgIpc) is 3.07. The van der Waals surface area contributed by atoms with E-state index in [0.29, 0.717) is 5.69 Å². The van der Waals surface area contributed by atoms with Gasteiger partial charge in [-0.15, -0.1) is 0 Å². The van der Waals surface area contributed by atoms with Crippen LogP contribution in [0.2, 0.25) is 0 Å². The summed E-state index contributed by atoms with van der Waals surface area (Å²) in [7, 11) is 0. The van der Waals surface area contributed by atoms with Gasteiger partial charge in [0.15, 0.2) is 5.69 Å². The van der Waals surface area contributed by atoms with E-state index in [2.05, 4.69) is 21.4 Å². The monoisotopic (exact) mass is 336 g/mol. The highest BCUT2D eigenvalue weighted by molar-refractivity contribution is 6.03. The second-order valence-corrected chi connectivity index (χ2v) is 6.14. The lowest BCUT2D eigenvalue weighted by atomic mass is 10.1. The lowest BCUT2D eigenvalue weighted by Crippen LogP contribution is -2.35. The molecule has 1 fully saturated rings. The lowest BCUT2D eigenvalue weighted by Gasteiger charge is -2.26. The second-order valence-electron chi connectivity index (χ2n) is 6.14. The molecule has 4 rings (SSSR count). The van der Waals surface area contributed by atoms with Gasteiger partial charge in [-0.2, -0.15) is 5.10 Å². The zero-order valence-electron chi connectivity index (χ0n) is 13.9. The molecule has 2 aromatic heterocycles. The van der Waals surface area contributed by atoms with Crippen LogP contribution in [-0.2, 0) is 11.3 Å². The van der Waals surface area contributed by atoms with Crippen LogP contribution in [0.3, 0.4) is 0 Å². The van der Waals surface area contributed by atoms with Crippen molar-refractivity contribution in [1.82, 2.24) is 14.5 Å². The number of fused-ring (bicyclic) bond motifs is 1. The molecule has 0 aliphatic carbocycles. The van der Waals surface area contributed by atoms with Crippen LogP contribution in [0.25, 0.3) is 5.52 Å². The molecule has 1 aliphatic rings. The number of pyridine rings is 1. The Bertz CT molecular complexity index is 851. The van der Waals surface area contributed by atoms with Gasteiger partial charge < -0.3 is 10.1 Å². The predicted octanol–water partition coefficient (Wildman–Crippen LogP) is 2.42. The van der Waals surface area contributed by atoms with Crippen molar-refractivity contribution in [3.05, 3.63) is 66.0 Å². The van der Waals surface area contributed by atoms with Crippen molar-refractivity contribution >= 4 is 17.1 Å². The van der Waals surface area contributed by atoms with E-state index in [4.69, 9.17) is 4.74 Å². The number of hydrogen-bond acceptors (Lipinski definition) is 4. The van der Waals surface area contributed by atoms with Gasteiger partial charge in [-0.05, 0) is 35.9 Å². The van der Waals surface area contributed by atoms with Gasteiger partial charge in [0.05, 0.1) is 18.7 Å². The van der Waals surface area contributed by atoms with Gasteiger partial charge in [-0.25, -0.2) is 4.52 Å². The van der Waals surface area contributed by atoms with E-state index in [-0.39, 0.29) is 5.91 Å². The maximum atomic E-state index is 12.5. The maximum absolute atomic E-state index is 12.5. The van der Waals surface area contributed by atoms with Gasteiger partial charge in [0.25, 0.3) is 5.91 Å². The normalized spacial score (nSPS) is 15.4. The summed E-state index contributed by atoms with van der Waals surface area (Å²) in [6.07, 6.45) is 1.83. The molecular formula is C19H20N4O2. The van der Waals surface area contributed by atoms with Crippen molar-refractivity contribution in [2.24, 2.45) is 0 Å². The highest BCUT2D eigenvalue weighted by atomic mass is 16.5. The first-order valence-electron chi connectivity index (χ1n) is 8.43. The van der Waals surface area contributed by atoms with E-state index in [9.17, 15) is 4.79 Å². The molecule has 0 saturated carbocycles. The average molecular weight is 336 g/mol. The molecule has 3 aromatic rings. The third-order valence-corrected chi connectivity index (χ3v) is 4.30. The van der Waals surface area contributed by atoms with Gasteiger partial charge in [-0.3, -0.25) is 9.69 Å². The van der Waals surface area contributed by atoms with Crippen LogP contribution in [0.5, 0.6) is 0 Å². The summed E-state index contributed by atoms with van der Waals surface area (Å²) in [6.45, 7) is 4.31. The molecule has 0 radical (unpaired) electrons. The second kappa shape index (κ2) is 7.04. The van der Waals surface area contributed by atoms with E-state index in [1.54, 1.807) is 10.6 Å². The first-order chi connectivity index (χ1) is 12.3. The summed E-state index contributed by atoms with van der Waals surface area (Å²) in [5, 5.41) is 7.25. The fourth-order valence-electron chi connectivity index (χ4n) is 3.01. The minimum atomic E-state index is -0.202. The molecular weight excluding hydrogens is 316 g/mol.